The summed E-state index contributed by atoms with van der Waals surface area (Å²) in [5.41, 5.74) is 0.574. The number of methoxy groups -OCH3 is 1. The standard InChI is InChI=1S/C19H19FN4O3/c1-3-7-13(20)8-6-11-21-19(26)17-15(12-22-24-17)23-18(25)14-9-4-5-10-16(14)27-2/h3-12H,1-2H3,(H,21,26)(H,22,24)(H,23,25)/b7-3-,11-6+,13-8+. The maximum atomic E-state index is 13.2. The Morgan fingerprint density at radius 3 is 2.78 bits per heavy atom. The van der Waals surface area contributed by atoms with Crippen molar-refractivity contribution in [1.82, 2.24) is 15.5 Å². The van der Waals surface area contributed by atoms with Gasteiger partial charge in [-0.05, 0) is 37.3 Å². The lowest BCUT2D eigenvalue weighted by Crippen LogP contribution is -2.21. The number of halogens is 1. The summed E-state index contributed by atoms with van der Waals surface area (Å²) in [4.78, 5) is 24.6. The lowest BCUT2D eigenvalue weighted by atomic mass is 10.2. The number of nitrogens with zero attached hydrogens (tertiary/aromatic N) is 1. The van der Waals surface area contributed by atoms with Crippen molar-refractivity contribution in [3.05, 3.63) is 78.1 Å². The molecule has 27 heavy (non-hydrogen) atoms. The Bertz CT molecular complexity index is 900. The number of aromatic amines is 1. The molecule has 2 amide bonds. The highest BCUT2D eigenvalue weighted by Crippen LogP contribution is 2.20. The Morgan fingerprint density at radius 1 is 1.26 bits per heavy atom. The number of carbonyl (C=O) groups excluding carboxylic acids is 2. The molecule has 1 aromatic heterocycles. The quantitative estimate of drug-likeness (QED) is 0.651. The van der Waals surface area contributed by atoms with Gasteiger partial charge in [-0.3, -0.25) is 14.7 Å². The Kier molecular flexibility index (Phi) is 7.07. The van der Waals surface area contributed by atoms with Crippen molar-refractivity contribution in [1.29, 1.82) is 0 Å². The largest absolute Gasteiger partial charge is 0.496 e. The van der Waals surface area contributed by atoms with Crippen LogP contribution in [-0.4, -0.2) is 29.1 Å². The first kappa shape index (κ1) is 19.6. The molecule has 2 rings (SSSR count). The van der Waals surface area contributed by atoms with Gasteiger partial charge < -0.3 is 15.4 Å². The highest BCUT2D eigenvalue weighted by molar-refractivity contribution is 6.09. The molecule has 2 aromatic rings. The number of hydrogen-bond acceptors (Lipinski definition) is 4. The average Bonchev–Trinajstić information content (AvgIpc) is 3.13. The molecule has 1 heterocycles. The van der Waals surface area contributed by atoms with Gasteiger partial charge >= 0.3 is 0 Å². The molecule has 140 valence electrons. The van der Waals surface area contributed by atoms with Crippen LogP contribution in [0.3, 0.4) is 0 Å². The van der Waals surface area contributed by atoms with Crippen molar-refractivity contribution in [2.24, 2.45) is 0 Å². The van der Waals surface area contributed by atoms with Crippen LogP contribution >= 0.6 is 0 Å². The third-order valence-corrected chi connectivity index (χ3v) is 3.36. The second kappa shape index (κ2) is 9.71. The van der Waals surface area contributed by atoms with Gasteiger partial charge in [0.15, 0.2) is 0 Å². The Hall–Kier alpha value is -3.68. The molecule has 0 aliphatic heterocycles. The van der Waals surface area contributed by atoms with Crippen molar-refractivity contribution in [2.45, 2.75) is 6.92 Å². The van der Waals surface area contributed by atoms with Gasteiger partial charge in [-0.15, -0.1) is 0 Å². The zero-order valence-electron chi connectivity index (χ0n) is 14.8. The SMILES string of the molecule is C\C=C/C(F)=C\C=C\NC(=O)c1[nH]ncc1NC(=O)c1ccccc1OC. The molecule has 0 atom stereocenters. The van der Waals surface area contributed by atoms with Crippen molar-refractivity contribution in [2.75, 3.05) is 12.4 Å². The van der Waals surface area contributed by atoms with Gasteiger partial charge in [-0.25, -0.2) is 4.39 Å². The predicted molar refractivity (Wildman–Crippen MR) is 100 cm³/mol. The fourth-order valence-corrected chi connectivity index (χ4v) is 2.13. The van der Waals surface area contributed by atoms with Crippen LogP contribution in [0.5, 0.6) is 5.75 Å². The minimum Gasteiger partial charge on any atom is -0.496 e. The van der Waals surface area contributed by atoms with Crippen LogP contribution in [0.1, 0.15) is 27.8 Å². The number of para-hydroxylation sites is 1. The number of nitrogens with one attached hydrogen (secondary N) is 3. The summed E-state index contributed by atoms with van der Waals surface area (Å²) < 4.78 is 18.3. The Balaban J connectivity index is 2.07. The monoisotopic (exact) mass is 370 g/mol. The van der Waals surface area contributed by atoms with Crippen LogP contribution in [0.15, 0.2) is 66.8 Å². The van der Waals surface area contributed by atoms with E-state index in [1.54, 1.807) is 37.3 Å². The molecule has 0 spiro atoms. The molecule has 0 aliphatic rings. The number of aromatic nitrogens is 2. The van der Waals surface area contributed by atoms with E-state index in [0.29, 0.717) is 11.3 Å². The van der Waals surface area contributed by atoms with Gasteiger partial charge in [0.2, 0.25) is 0 Å². The second-order valence-electron chi connectivity index (χ2n) is 5.20. The zero-order valence-corrected chi connectivity index (χ0v) is 14.8. The van der Waals surface area contributed by atoms with E-state index in [0.717, 1.165) is 0 Å². The number of amides is 2. The Labute approximate surface area is 155 Å². The van der Waals surface area contributed by atoms with E-state index in [2.05, 4.69) is 20.8 Å². The molecular weight excluding hydrogens is 351 g/mol. The Morgan fingerprint density at radius 2 is 2.04 bits per heavy atom. The van der Waals surface area contributed by atoms with Crippen LogP contribution in [0.25, 0.3) is 0 Å². The van der Waals surface area contributed by atoms with Gasteiger partial charge in [0.1, 0.15) is 17.3 Å². The van der Waals surface area contributed by atoms with Crippen LogP contribution < -0.4 is 15.4 Å². The van der Waals surface area contributed by atoms with Gasteiger partial charge in [0.25, 0.3) is 11.8 Å². The predicted octanol–water partition coefficient (Wildman–Crippen LogP) is 3.34. The van der Waals surface area contributed by atoms with E-state index in [1.165, 1.54) is 37.7 Å². The smallest absolute Gasteiger partial charge is 0.275 e. The summed E-state index contributed by atoms with van der Waals surface area (Å²) in [5.74, 6) is -1.04. The lowest BCUT2D eigenvalue weighted by molar-refractivity contribution is 0.0966. The van der Waals surface area contributed by atoms with Crippen molar-refractivity contribution in [3.63, 3.8) is 0 Å². The van der Waals surface area contributed by atoms with Crippen LogP contribution in [0, 0.1) is 0 Å². The number of hydrogen-bond donors (Lipinski definition) is 3. The lowest BCUT2D eigenvalue weighted by Gasteiger charge is -2.08. The normalized spacial score (nSPS) is 11.7. The maximum Gasteiger partial charge on any atom is 0.275 e. The first-order valence-electron chi connectivity index (χ1n) is 8.00. The summed E-state index contributed by atoms with van der Waals surface area (Å²) >= 11 is 0. The molecule has 3 N–H and O–H groups in total. The van der Waals surface area contributed by atoms with Gasteiger partial charge in [0.05, 0.1) is 24.6 Å². The number of H-pyrrole nitrogens is 1. The average molecular weight is 370 g/mol. The molecule has 0 fully saturated rings. The molecular formula is C19H19FN4O3. The van der Waals surface area contributed by atoms with E-state index in [9.17, 15) is 14.0 Å². The van der Waals surface area contributed by atoms with Crippen LogP contribution in [0.4, 0.5) is 10.1 Å². The minimum atomic E-state index is -0.543. The third kappa shape index (κ3) is 5.40. The number of anilines is 1. The van der Waals surface area contributed by atoms with Gasteiger partial charge in [-0.1, -0.05) is 18.2 Å². The molecule has 7 nitrogen and oxygen atoms in total. The van der Waals surface area contributed by atoms with E-state index < -0.39 is 17.6 Å². The third-order valence-electron chi connectivity index (χ3n) is 3.36. The summed E-state index contributed by atoms with van der Waals surface area (Å²) in [7, 11) is 1.46. The number of allylic oxidation sites excluding steroid dienone is 5. The van der Waals surface area contributed by atoms with Crippen LogP contribution in [-0.2, 0) is 0 Å². The highest BCUT2D eigenvalue weighted by Gasteiger charge is 2.17. The highest BCUT2D eigenvalue weighted by atomic mass is 19.1. The van der Waals surface area contributed by atoms with E-state index in [-0.39, 0.29) is 11.4 Å². The fourth-order valence-electron chi connectivity index (χ4n) is 2.13. The molecule has 0 aliphatic carbocycles. The van der Waals surface area contributed by atoms with Crippen molar-refractivity contribution < 1.29 is 18.7 Å². The second-order valence-corrected chi connectivity index (χ2v) is 5.20. The van der Waals surface area contributed by atoms with Gasteiger partial charge in [-0.2, -0.15) is 5.10 Å². The molecule has 0 saturated heterocycles. The maximum absolute atomic E-state index is 13.2. The summed E-state index contributed by atoms with van der Waals surface area (Å²) in [6.07, 6.45) is 7.97. The minimum absolute atomic E-state index is 0.0563. The molecule has 1 aromatic carbocycles. The summed E-state index contributed by atoms with van der Waals surface area (Å²) in [5, 5.41) is 11.4. The van der Waals surface area contributed by atoms with Crippen LogP contribution in [0.2, 0.25) is 0 Å². The molecule has 0 saturated carbocycles. The molecule has 0 bridgehead atoms. The van der Waals surface area contributed by atoms with E-state index in [4.69, 9.17) is 4.74 Å². The number of rotatable bonds is 7. The molecule has 0 unspecified atom stereocenters. The van der Waals surface area contributed by atoms with E-state index >= 15 is 0 Å². The first-order valence-corrected chi connectivity index (χ1v) is 8.00. The fraction of sp³-hybridized carbons (Fsp3) is 0.105. The molecule has 8 heteroatoms. The first-order chi connectivity index (χ1) is 13.1. The number of carbonyl (C=O) groups is 2. The van der Waals surface area contributed by atoms with Gasteiger partial charge in [0, 0.05) is 6.20 Å². The number of ether oxygens (including phenoxy) is 1. The number of benzene rings is 1. The zero-order chi connectivity index (χ0) is 19.6. The van der Waals surface area contributed by atoms with Crippen molar-refractivity contribution in [3.8, 4) is 5.75 Å². The summed E-state index contributed by atoms with van der Waals surface area (Å²) in [6, 6.07) is 6.70. The summed E-state index contributed by atoms with van der Waals surface area (Å²) in [6.45, 7) is 1.69. The molecule has 0 radical (unpaired) electrons. The topological polar surface area (TPSA) is 96.1 Å². The van der Waals surface area contributed by atoms with E-state index in [1.807, 2.05) is 0 Å². The van der Waals surface area contributed by atoms with Crippen molar-refractivity contribution >= 4 is 17.5 Å².